The van der Waals surface area contributed by atoms with E-state index in [0.717, 1.165) is 16.5 Å². The van der Waals surface area contributed by atoms with Gasteiger partial charge in [0.05, 0.1) is 5.56 Å². The molecule has 0 aliphatic heterocycles. The molecule has 2 nitrogen and oxygen atoms in total. The molecular formula is C16H24BrNO. The number of hydrogen-bond donors (Lipinski definition) is 1. The highest BCUT2D eigenvalue weighted by molar-refractivity contribution is 9.10. The van der Waals surface area contributed by atoms with Gasteiger partial charge in [-0.3, -0.25) is 4.79 Å². The molecule has 0 fully saturated rings. The molecule has 0 radical (unpaired) electrons. The first kappa shape index (κ1) is 16.2. The van der Waals surface area contributed by atoms with Crippen LogP contribution in [0.15, 0.2) is 22.7 Å². The topological polar surface area (TPSA) is 29.1 Å². The molecule has 3 heteroatoms. The number of carbonyl (C=O) groups is 1. The Hall–Kier alpha value is -0.830. The molecule has 1 aromatic rings. The quantitative estimate of drug-likeness (QED) is 0.857. The predicted octanol–water partition coefficient (Wildman–Crippen LogP) is 4.70. The van der Waals surface area contributed by atoms with Crippen molar-refractivity contribution in [3.05, 3.63) is 33.8 Å². The lowest BCUT2D eigenvalue weighted by Gasteiger charge is -2.33. The highest BCUT2D eigenvalue weighted by atomic mass is 79.9. The first-order valence-electron chi connectivity index (χ1n) is 6.59. The summed E-state index contributed by atoms with van der Waals surface area (Å²) in [5.41, 5.74) is 1.74. The van der Waals surface area contributed by atoms with E-state index in [2.05, 4.69) is 55.9 Å². The summed E-state index contributed by atoms with van der Waals surface area (Å²) in [6.07, 6.45) is 0.926. The normalized spacial score (nSPS) is 12.4. The minimum absolute atomic E-state index is 0.0233. The molecule has 1 rings (SSSR count). The maximum absolute atomic E-state index is 12.4. The van der Waals surface area contributed by atoms with Crippen LogP contribution in [0.4, 0.5) is 0 Å². The average molecular weight is 326 g/mol. The van der Waals surface area contributed by atoms with Gasteiger partial charge >= 0.3 is 0 Å². The first-order valence-corrected chi connectivity index (χ1v) is 7.38. The van der Waals surface area contributed by atoms with Gasteiger partial charge in [0.2, 0.25) is 0 Å². The fourth-order valence-electron chi connectivity index (χ4n) is 2.56. The highest BCUT2D eigenvalue weighted by Crippen LogP contribution is 2.27. The number of hydrogen-bond acceptors (Lipinski definition) is 1. The third-order valence-electron chi connectivity index (χ3n) is 2.79. The zero-order valence-electron chi connectivity index (χ0n) is 12.7. The molecule has 0 aromatic heterocycles. The largest absolute Gasteiger partial charge is 0.347 e. The Kier molecular flexibility index (Phi) is 4.83. The first-order chi connectivity index (χ1) is 8.50. The molecule has 1 amide bonds. The minimum atomic E-state index is -0.224. The molecule has 106 valence electrons. The maximum atomic E-state index is 12.4. The third-order valence-corrected chi connectivity index (χ3v) is 3.48. The van der Waals surface area contributed by atoms with Gasteiger partial charge in [0.25, 0.3) is 5.91 Å². The SMILES string of the molecule is Cc1ccc(Br)c(C(=O)NC(C)(C)CC(C)(C)C)c1. The van der Waals surface area contributed by atoms with Crippen LogP contribution in [0.5, 0.6) is 0 Å². The zero-order chi connectivity index (χ0) is 14.8. The van der Waals surface area contributed by atoms with Gasteiger partial charge in [0, 0.05) is 10.0 Å². The summed E-state index contributed by atoms with van der Waals surface area (Å²) in [6, 6.07) is 5.81. The van der Waals surface area contributed by atoms with E-state index < -0.39 is 0 Å². The molecule has 0 atom stereocenters. The van der Waals surface area contributed by atoms with Crippen LogP contribution >= 0.6 is 15.9 Å². The van der Waals surface area contributed by atoms with Crippen molar-refractivity contribution < 1.29 is 4.79 Å². The van der Waals surface area contributed by atoms with Crippen molar-refractivity contribution in [2.45, 2.75) is 53.5 Å². The molecule has 0 saturated heterocycles. The Morgan fingerprint density at radius 3 is 2.32 bits per heavy atom. The summed E-state index contributed by atoms with van der Waals surface area (Å²) in [5.74, 6) is -0.0233. The van der Waals surface area contributed by atoms with Gasteiger partial charge in [-0.15, -0.1) is 0 Å². The van der Waals surface area contributed by atoms with Crippen molar-refractivity contribution >= 4 is 21.8 Å². The lowest BCUT2D eigenvalue weighted by Crippen LogP contribution is -2.45. The summed E-state index contributed by atoms with van der Waals surface area (Å²) in [7, 11) is 0. The molecule has 0 aliphatic carbocycles. The molecule has 1 aromatic carbocycles. The van der Waals surface area contributed by atoms with E-state index in [1.807, 2.05) is 25.1 Å². The van der Waals surface area contributed by atoms with Crippen molar-refractivity contribution in [2.75, 3.05) is 0 Å². The summed E-state index contributed by atoms with van der Waals surface area (Å²) < 4.78 is 0.835. The number of rotatable bonds is 3. The van der Waals surface area contributed by atoms with Gasteiger partial charge in [-0.25, -0.2) is 0 Å². The molecule has 0 unspecified atom stereocenters. The fraction of sp³-hybridized carbons (Fsp3) is 0.562. The van der Waals surface area contributed by atoms with Crippen molar-refractivity contribution in [3.63, 3.8) is 0 Å². The molecule has 0 heterocycles. The Bertz CT molecular complexity index is 472. The molecule has 0 saturated carbocycles. The van der Waals surface area contributed by atoms with Crippen molar-refractivity contribution in [1.82, 2.24) is 5.32 Å². The second kappa shape index (κ2) is 5.66. The van der Waals surface area contributed by atoms with Crippen LogP contribution in [0.2, 0.25) is 0 Å². The summed E-state index contributed by atoms with van der Waals surface area (Å²) in [6.45, 7) is 12.7. The number of nitrogens with one attached hydrogen (secondary N) is 1. The van der Waals surface area contributed by atoms with Crippen molar-refractivity contribution in [2.24, 2.45) is 5.41 Å². The van der Waals surface area contributed by atoms with Gasteiger partial charge in [-0.2, -0.15) is 0 Å². The second-order valence-corrected chi connectivity index (χ2v) is 7.91. The Morgan fingerprint density at radius 2 is 1.79 bits per heavy atom. The van der Waals surface area contributed by atoms with Crippen molar-refractivity contribution in [1.29, 1.82) is 0 Å². The summed E-state index contributed by atoms with van der Waals surface area (Å²) >= 11 is 3.44. The molecule has 19 heavy (non-hydrogen) atoms. The average Bonchev–Trinajstić information content (AvgIpc) is 2.16. The van der Waals surface area contributed by atoms with E-state index in [-0.39, 0.29) is 16.9 Å². The molecule has 0 bridgehead atoms. The summed E-state index contributed by atoms with van der Waals surface area (Å²) in [5, 5.41) is 3.13. The van der Waals surface area contributed by atoms with Crippen LogP contribution in [0, 0.1) is 12.3 Å². The predicted molar refractivity (Wildman–Crippen MR) is 84.5 cm³/mol. The van der Waals surface area contributed by atoms with Gasteiger partial charge in [-0.05, 0) is 60.7 Å². The van der Waals surface area contributed by atoms with E-state index in [9.17, 15) is 4.79 Å². The van der Waals surface area contributed by atoms with Gasteiger partial charge in [0.15, 0.2) is 0 Å². The Labute approximate surface area is 125 Å². The fourth-order valence-corrected chi connectivity index (χ4v) is 2.98. The number of halogens is 1. The monoisotopic (exact) mass is 325 g/mol. The molecule has 0 aliphatic rings. The van der Waals surface area contributed by atoms with Crippen LogP contribution in [0.25, 0.3) is 0 Å². The van der Waals surface area contributed by atoms with Crippen LogP contribution in [-0.4, -0.2) is 11.4 Å². The lowest BCUT2D eigenvalue weighted by molar-refractivity contribution is 0.0890. The summed E-state index contributed by atoms with van der Waals surface area (Å²) in [4.78, 5) is 12.4. The van der Waals surface area contributed by atoms with Crippen LogP contribution < -0.4 is 5.32 Å². The Balaban J connectivity index is 2.87. The van der Waals surface area contributed by atoms with Gasteiger partial charge in [-0.1, -0.05) is 32.4 Å². The van der Waals surface area contributed by atoms with E-state index in [1.165, 1.54) is 0 Å². The number of benzene rings is 1. The molecular weight excluding hydrogens is 302 g/mol. The lowest BCUT2D eigenvalue weighted by atomic mass is 9.81. The number of amides is 1. The van der Waals surface area contributed by atoms with E-state index >= 15 is 0 Å². The van der Waals surface area contributed by atoms with Crippen molar-refractivity contribution in [3.8, 4) is 0 Å². The standard InChI is InChI=1S/C16H24BrNO/c1-11-7-8-13(17)12(9-11)14(19)18-16(5,6)10-15(2,3)4/h7-9H,10H2,1-6H3,(H,18,19). The smallest absolute Gasteiger partial charge is 0.252 e. The zero-order valence-corrected chi connectivity index (χ0v) is 14.3. The number of aryl methyl sites for hydroxylation is 1. The van der Waals surface area contributed by atoms with Gasteiger partial charge < -0.3 is 5.32 Å². The van der Waals surface area contributed by atoms with Crippen LogP contribution in [-0.2, 0) is 0 Å². The molecule has 1 N–H and O–H groups in total. The van der Waals surface area contributed by atoms with E-state index in [0.29, 0.717) is 5.56 Å². The van der Waals surface area contributed by atoms with Gasteiger partial charge in [0.1, 0.15) is 0 Å². The second-order valence-electron chi connectivity index (χ2n) is 7.06. The maximum Gasteiger partial charge on any atom is 0.252 e. The third kappa shape index (κ3) is 5.35. The Morgan fingerprint density at radius 1 is 1.21 bits per heavy atom. The van der Waals surface area contributed by atoms with E-state index in [1.54, 1.807) is 0 Å². The highest BCUT2D eigenvalue weighted by Gasteiger charge is 2.27. The van der Waals surface area contributed by atoms with Crippen LogP contribution in [0.1, 0.15) is 57.0 Å². The number of carbonyl (C=O) groups excluding carboxylic acids is 1. The molecule has 0 spiro atoms. The minimum Gasteiger partial charge on any atom is -0.347 e. The van der Waals surface area contributed by atoms with E-state index in [4.69, 9.17) is 0 Å². The van der Waals surface area contributed by atoms with Crippen LogP contribution in [0.3, 0.4) is 0 Å².